The van der Waals surface area contributed by atoms with E-state index in [2.05, 4.69) is 15.2 Å². The van der Waals surface area contributed by atoms with Gasteiger partial charge in [0.2, 0.25) is 0 Å². The Balaban J connectivity index is 1.59. The van der Waals surface area contributed by atoms with Crippen molar-refractivity contribution in [3.63, 3.8) is 0 Å². The third-order valence-corrected chi connectivity index (χ3v) is 4.87. The summed E-state index contributed by atoms with van der Waals surface area (Å²) in [6, 6.07) is 2.13. The molecular weight excluding hydrogens is 266 g/mol. The summed E-state index contributed by atoms with van der Waals surface area (Å²) < 4.78 is 5.52. The van der Waals surface area contributed by atoms with Gasteiger partial charge in [-0.2, -0.15) is 0 Å². The normalized spacial score (nSPS) is 28.0. The molecule has 2 aromatic heterocycles. The summed E-state index contributed by atoms with van der Waals surface area (Å²) in [5, 5.41) is 4.13. The zero-order valence-corrected chi connectivity index (χ0v) is 12.1. The fourth-order valence-corrected chi connectivity index (χ4v) is 3.62. The van der Waals surface area contributed by atoms with Gasteiger partial charge in [-0.1, -0.05) is 0 Å². The summed E-state index contributed by atoms with van der Waals surface area (Å²) in [5.41, 5.74) is 2.02. The largest absolute Gasteiger partial charge is 0.462 e. The summed E-state index contributed by atoms with van der Waals surface area (Å²) in [5.74, 6) is 0.491. The maximum absolute atomic E-state index is 12.6. The average molecular weight is 285 g/mol. The first-order valence-electron chi connectivity index (χ1n) is 7.58. The molecule has 2 bridgehead atoms. The quantitative estimate of drug-likeness (QED) is 0.916. The molecule has 5 heterocycles. The van der Waals surface area contributed by atoms with Crippen LogP contribution in [-0.2, 0) is 0 Å². The van der Waals surface area contributed by atoms with Gasteiger partial charge in [0.1, 0.15) is 0 Å². The number of rotatable bonds is 2. The van der Waals surface area contributed by atoms with Crippen LogP contribution in [0.2, 0.25) is 0 Å². The minimum atomic E-state index is -0.117. The molecule has 2 aromatic rings. The summed E-state index contributed by atoms with van der Waals surface area (Å²) in [4.78, 5) is 19.2. The van der Waals surface area contributed by atoms with Crippen molar-refractivity contribution >= 4 is 16.9 Å². The molecule has 1 atom stereocenters. The van der Waals surface area contributed by atoms with Gasteiger partial charge in [0.15, 0.2) is 11.3 Å². The molecule has 3 aliphatic heterocycles. The number of carbonyl (C=O) groups excluding carboxylic acids is 1. The number of nitrogens with one attached hydrogen (secondary N) is 1. The average Bonchev–Trinajstić information content (AvgIpc) is 2.90. The third-order valence-electron chi connectivity index (χ3n) is 4.87. The highest BCUT2D eigenvalue weighted by atomic mass is 16.3. The molecule has 1 N–H and O–H groups in total. The first-order valence-corrected chi connectivity index (χ1v) is 7.58. The lowest BCUT2D eigenvalue weighted by Gasteiger charge is -2.44. The molecule has 5 heteroatoms. The molecule has 21 heavy (non-hydrogen) atoms. The summed E-state index contributed by atoms with van der Waals surface area (Å²) in [6.45, 7) is 5.27. The molecule has 5 nitrogen and oxygen atoms in total. The van der Waals surface area contributed by atoms with Gasteiger partial charge in [0, 0.05) is 24.2 Å². The van der Waals surface area contributed by atoms with E-state index in [0.29, 0.717) is 17.2 Å². The van der Waals surface area contributed by atoms with Crippen molar-refractivity contribution in [2.24, 2.45) is 5.92 Å². The van der Waals surface area contributed by atoms with E-state index in [4.69, 9.17) is 4.42 Å². The van der Waals surface area contributed by atoms with Crippen molar-refractivity contribution in [3.05, 3.63) is 29.8 Å². The van der Waals surface area contributed by atoms with Crippen LogP contribution in [0.5, 0.6) is 0 Å². The van der Waals surface area contributed by atoms with Crippen LogP contribution < -0.4 is 5.32 Å². The second kappa shape index (κ2) is 4.84. The van der Waals surface area contributed by atoms with Crippen molar-refractivity contribution in [1.82, 2.24) is 15.2 Å². The number of carbonyl (C=O) groups is 1. The van der Waals surface area contributed by atoms with Crippen LogP contribution in [-0.4, -0.2) is 41.5 Å². The molecule has 110 valence electrons. The van der Waals surface area contributed by atoms with Gasteiger partial charge in [-0.25, -0.2) is 4.98 Å². The van der Waals surface area contributed by atoms with E-state index < -0.39 is 0 Å². The first kappa shape index (κ1) is 12.8. The van der Waals surface area contributed by atoms with Gasteiger partial charge < -0.3 is 14.6 Å². The number of furan rings is 1. The molecule has 3 fully saturated rings. The van der Waals surface area contributed by atoms with Gasteiger partial charge in [0.05, 0.1) is 6.26 Å². The predicted molar refractivity (Wildman–Crippen MR) is 79.2 cm³/mol. The van der Waals surface area contributed by atoms with E-state index >= 15 is 0 Å². The van der Waals surface area contributed by atoms with E-state index in [-0.39, 0.29) is 11.9 Å². The number of hydrogen-bond donors (Lipinski definition) is 1. The molecule has 0 unspecified atom stereocenters. The van der Waals surface area contributed by atoms with Crippen LogP contribution in [0.25, 0.3) is 11.0 Å². The number of hydrogen-bond acceptors (Lipinski definition) is 4. The van der Waals surface area contributed by atoms with Crippen molar-refractivity contribution in [2.45, 2.75) is 25.8 Å². The van der Waals surface area contributed by atoms with Crippen LogP contribution in [0.15, 0.2) is 22.9 Å². The first-order chi connectivity index (χ1) is 10.2. The van der Waals surface area contributed by atoms with E-state index in [1.807, 2.05) is 13.0 Å². The lowest BCUT2D eigenvalue weighted by molar-refractivity contribution is 0.0618. The Morgan fingerprint density at radius 1 is 1.43 bits per heavy atom. The van der Waals surface area contributed by atoms with Crippen molar-refractivity contribution < 1.29 is 9.21 Å². The van der Waals surface area contributed by atoms with Crippen molar-refractivity contribution in [1.29, 1.82) is 0 Å². The van der Waals surface area contributed by atoms with Crippen LogP contribution in [0, 0.1) is 12.8 Å². The van der Waals surface area contributed by atoms with E-state index in [9.17, 15) is 4.79 Å². The number of piperidine rings is 3. The Kier molecular flexibility index (Phi) is 2.96. The smallest absolute Gasteiger partial charge is 0.274 e. The maximum atomic E-state index is 12.6. The van der Waals surface area contributed by atoms with Crippen molar-refractivity contribution in [2.75, 3.05) is 19.6 Å². The van der Waals surface area contributed by atoms with Gasteiger partial charge >= 0.3 is 0 Å². The van der Waals surface area contributed by atoms with Crippen LogP contribution >= 0.6 is 0 Å². The fourth-order valence-electron chi connectivity index (χ4n) is 3.62. The summed E-state index contributed by atoms with van der Waals surface area (Å²) >= 11 is 0. The zero-order valence-electron chi connectivity index (χ0n) is 12.1. The fraction of sp³-hybridized carbons (Fsp3) is 0.500. The number of amides is 1. The van der Waals surface area contributed by atoms with Gasteiger partial charge in [0.25, 0.3) is 5.91 Å². The Morgan fingerprint density at radius 2 is 2.24 bits per heavy atom. The molecule has 3 saturated heterocycles. The van der Waals surface area contributed by atoms with E-state index in [1.54, 1.807) is 12.5 Å². The minimum absolute atomic E-state index is 0.117. The SMILES string of the molecule is Cc1coc2c(C(=O)N[C@@H]3CN4CCC3CC4)nccc12. The Hall–Kier alpha value is -1.88. The number of nitrogens with zero attached hydrogens (tertiary/aromatic N) is 2. The Labute approximate surface area is 123 Å². The monoisotopic (exact) mass is 285 g/mol. The maximum Gasteiger partial charge on any atom is 0.274 e. The lowest BCUT2D eigenvalue weighted by Crippen LogP contribution is -2.57. The van der Waals surface area contributed by atoms with E-state index in [1.165, 1.54) is 25.9 Å². The summed E-state index contributed by atoms with van der Waals surface area (Å²) in [7, 11) is 0. The molecule has 0 aliphatic carbocycles. The second-order valence-electron chi connectivity index (χ2n) is 6.17. The number of aryl methyl sites for hydroxylation is 1. The zero-order chi connectivity index (χ0) is 14.4. The Bertz CT molecular complexity index is 686. The standard InChI is InChI=1S/C16H19N3O2/c1-10-9-21-15-12(10)2-5-17-14(15)16(20)18-13-8-19-6-3-11(13)4-7-19/h2,5,9,11,13H,3-4,6-8H2,1H3,(H,18,20)/t13-/m1/s1. The van der Waals surface area contributed by atoms with Crippen LogP contribution in [0.1, 0.15) is 28.9 Å². The summed E-state index contributed by atoms with van der Waals surface area (Å²) in [6.07, 6.45) is 5.72. The molecule has 0 saturated carbocycles. The molecular formula is C16H19N3O2. The third kappa shape index (κ3) is 2.12. The topological polar surface area (TPSA) is 58.4 Å². The van der Waals surface area contributed by atoms with Crippen LogP contribution in [0.3, 0.4) is 0 Å². The lowest BCUT2D eigenvalue weighted by atomic mass is 9.84. The molecule has 0 radical (unpaired) electrons. The highest BCUT2D eigenvalue weighted by Gasteiger charge is 2.35. The van der Waals surface area contributed by atoms with Crippen LogP contribution in [0.4, 0.5) is 0 Å². The van der Waals surface area contributed by atoms with Gasteiger partial charge in [-0.05, 0) is 50.4 Å². The molecule has 0 spiro atoms. The number of aromatic nitrogens is 1. The molecule has 3 aliphatic rings. The second-order valence-corrected chi connectivity index (χ2v) is 6.17. The van der Waals surface area contributed by atoms with E-state index in [0.717, 1.165) is 17.5 Å². The minimum Gasteiger partial charge on any atom is -0.462 e. The van der Waals surface area contributed by atoms with Gasteiger partial charge in [-0.3, -0.25) is 4.79 Å². The predicted octanol–water partition coefficient (Wildman–Crippen LogP) is 1.96. The highest BCUT2D eigenvalue weighted by molar-refractivity contribution is 6.03. The highest BCUT2D eigenvalue weighted by Crippen LogP contribution is 2.28. The number of pyridine rings is 1. The number of fused-ring (bicyclic) bond motifs is 4. The molecule has 5 rings (SSSR count). The van der Waals surface area contributed by atoms with Gasteiger partial charge in [-0.15, -0.1) is 0 Å². The Morgan fingerprint density at radius 3 is 2.95 bits per heavy atom. The van der Waals surface area contributed by atoms with Crippen molar-refractivity contribution in [3.8, 4) is 0 Å². The molecule has 1 amide bonds. The molecule has 0 aromatic carbocycles.